The highest BCUT2D eigenvalue weighted by molar-refractivity contribution is 5.92. The Morgan fingerprint density at radius 3 is 2.65 bits per heavy atom. The number of carbonyl (C=O) groups is 1. The van der Waals surface area contributed by atoms with Crippen molar-refractivity contribution < 1.29 is 4.79 Å². The molecule has 1 amide bonds. The van der Waals surface area contributed by atoms with Crippen LogP contribution in [0.3, 0.4) is 0 Å². The first kappa shape index (κ1) is 15.8. The van der Waals surface area contributed by atoms with E-state index in [0.717, 1.165) is 24.9 Å². The van der Waals surface area contributed by atoms with Gasteiger partial charge in [0.05, 0.1) is 6.54 Å². The van der Waals surface area contributed by atoms with Crippen LogP contribution in [0.1, 0.15) is 36.1 Å². The van der Waals surface area contributed by atoms with Gasteiger partial charge in [0.15, 0.2) is 0 Å². The fourth-order valence-electron chi connectivity index (χ4n) is 3.35. The van der Waals surface area contributed by atoms with Gasteiger partial charge in [0.2, 0.25) is 5.91 Å². The number of nitrogens with zero attached hydrogens (tertiary/aromatic N) is 1. The van der Waals surface area contributed by atoms with Crippen LogP contribution in [-0.2, 0) is 17.6 Å². The predicted octanol–water partition coefficient (Wildman–Crippen LogP) is 3.81. The van der Waals surface area contributed by atoms with Gasteiger partial charge in [-0.2, -0.15) is 0 Å². The molecule has 0 saturated heterocycles. The smallest absolute Gasteiger partial charge is 0.238 e. The Labute approximate surface area is 138 Å². The van der Waals surface area contributed by atoms with E-state index in [1.54, 1.807) is 0 Å². The van der Waals surface area contributed by atoms with Crippen molar-refractivity contribution >= 4 is 11.6 Å². The zero-order valence-electron chi connectivity index (χ0n) is 13.9. The van der Waals surface area contributed by atoms with Crippen LogP contribution in [0.5, 0.6) is 0 Å². The first-order valence-electron chi connectivity index (χ1n) is 8.34. The van der Waals surface area contributed by atoms with Gasteiger partial charge in [0, 0.05) is 11.7 Å². The molecule has 0 spiro atoms. The maximum Gasteiger partial charge on any atom is 0.238 e. The minimum atomic E-state index is 0.0427. The number of carbonyl (C=O) groups excluding carboxylic acids is 1. The van der Waals surface area contributed by atoms with Gasteiger partial charge >= 0.3 is 0 Å². The van der Waals surface area contributed by atoms with E-state index in [1.807, 2.05) is 19.2 Å². The maximum atomic E-state index is 12.3. The number of hydrogen-bond acceptors (Lipinski definition) is 2. The molecule has 3 rings (SSSR count). The first-order chi connectivity index (χ1) is 11.2. The van der Waals surface area contributed by atoms with Crippen molar-refractivity contribution in [3.63, 3.8) is 0 Å². The SMILES string of the molecule is CCc1ccc(NC(=O)CN(C)C2CCc3ccccc32)cc1. The lowest BCUT2D eigenvalue weighted by Crippen LogP contribution is -2.32. The number of benzene rings is 2. The summed E-state index contributed by atoms with van der Waals surface area (Å²) in [6.45, 7) is 2.54. The van der Waals surface area contributed by atoms with Crippen LogP contribution in [-0.4, -0.2) is 24.4 Å². The number of hydrogen-bond donors (Lipinski definition) is 1. The Morgan fingerprint density at radius 1 is 1.17 bits per heavy atom. The third kappa shape index (κ3) is 3.62. The number of amides is 1. The van der Waals surface area contributed by atoms with E-state index in [2.05, 4.69) is 53.5 Å². The summed E-state index contributed by atoms with van der Waals surface area (Å²) in [7, 11) is 2.03. The summed E-state index contributed by atoms with van der Waals surface area (Å²) in [6, 6.07) is 17.0. The van der Waals surface area contributed by atoms with Gasteiger partial charge in [0.25, 0.3) is 0 Å². The summed E-state index contributed by atoms with van der Waals surface area (Å²) in [5.41, 5.74) is 4.94. The zero-order chi connectivity index (χ0) is 16.2. The van der Waals surface area contributed by atoms with Crippen molar-refractivity contribution in [1.82, 2.24) is 4.90 Å². The molecule has 2 aromatic carbocycles. The Bertz CT molecular complexity index is 678. The highest BCUT2D eigenvalue weighted by Gasteiger charge is 2.26. The molecule has 3 heteroatoms. The van der Waals surface area contributed by atoms with Crippen molar-refractivity contribution in [2.45, 2.75) is 32.2 Å². The molecule has 23 heavy (non-hydrogen) atoms. The van der Waals surface area contributed by atoms with Crippen molar-refractivity contribution in [2.75, 3.05) is 18.9 Å². The molecule has 1 aliphatic rings. The van der Waals surface area contributed by atoms with Gasteiger partial charge < -0.3 is 5.32 Å². The van der Waals surface area contributed by atoms with Crippen molar-refractivity contribution in [3.05, 3.63) is 65.2 Å². The molecule has 0 heterocycles. The summed E-state index contributed by atoms with van der Waals surface area (Å²) in [6.07, 6.45) is 3.21. The molecular weight excluding hydrogens is 284 g/mol. The number of anilines is 1. The lowest BCUT2D eigenvalue weighted by Gasteiger charge is -2.24. The molecule has 0 fully saturated rings. The molecule has 0 aliphatic heterocycles. The fourth-order valence-corrected chi connectivity index (χ4v) is 3.35. The van der Waals surface area contributed by atoms with Crippen LogP contribution >= 0.6 is 0 Å². The van der Waals surface area contributed by atoms with Gasteiger partial charge in [0.1, 0.15) is 0 Å². The van der Waals surface area contributed by atoms with E-state index in [-0.39, 0.29) is 5.91 Å². The topological polar surface area (TPSA) is 32.3 Å². The molecular formula is C20H24N2O. The fraction of sp³-hybridized carbons (Fsp3) is 0.350. The average molecular weight is 308 g/mol. The second-order valence-electron chi connectivity index (χ2n) is 6.27. The van der Waals surface area contributed by atoms with Crippen LogP contribution in [0.15, 0.2) is 48.5 Å². The Hall–Kier alpha value is -2.13. The molecule has 0 bridgehead atoms. The number of rotatable bonds is 5. The lowest BCUT2D eigenvalue weighted by atomic mass is 10.1. The van der Waals surface area contributed by atoms with Gasteiger partial charge in [-0.1, -0.05) is 43.3 Å². The van der Waals surface area contributed by atoms with Gasteiger partial charge in [-0.15, -0.1) is 0 Å². The molecule has 1 N–H and O–H groups in total. The summed E-state index contributed by atoms with van der Waals surface area (Å²) >= 11 is 0. The van der Waals surface area contributed by atoms with Gasteiger partial charge in [-0.25, -0.2) is 0 Å². The molecule has 0 saturated carbocycles. The zero-order valence-corrected chi connectivity index (χ0v) is 13.9. The third-order valence-corrected chi connectivity index (χ3v) is 4.67. The van der Waals surface area contributed by atoms with E-state index in [1.165, 1.54) is 16.7 Å². The number of aryl methyl sites for hydroxylation is 2. The van der Waals surface area contributed by atoms with E-state index < -0.39 is 0 Å². The van der Waals surface area contributed by atoms with Crippen LogP contribution in [0.4, 0.5) is 5.69 Å². The van der Waals surface area contributed by atoms with E-state index in [0.29, 0.717) is 12.6 Å². The van der Waals surface area contributed by atoms with Gasteiger partial charge in [-0.3, -0.25) is 9.69 Å². The number of fused-ring (bicyclic) bond motifs is 1. The maximum absolute atomic E-state index is 12.3. The monoisotopic (exact) mass is 308 g/mol. The predicted molar refractivity (Wildman–Crippen MR) is 94.6 cm³/mol. The second-order valence-corrected chi connectivity index (χ2v) is 6.27. The Morgan fingerprint density at radius 2 is 1.91 bits per heavy atom. The lowest BCUT2D eigenvalue weighted by molar-refractivity contribution is -0.117. The van der Waals surface area contributed by atoms with Crippen LogP contribution in [0, 0.1) is 0 Å². The van der Waals surface area contributed by atoms with Crippen LogP contribution < -0.4 is 5.32 Å². The molecule has 1 aliphatic carbocycles. The summed E-state index contributed by atoms with van der Waals surface area (Å²) in [4.78, 5) is 14.4. The van der Waals surface area contributed by atoms with E-state index >= 15 is 0 Å². The highest BCUT2D eigenvalue weighted by atomic mass is 16.2. The molecule has 1 unspecified atom stereocenters. The average Bonchev–Trinajstić information content (AvgIpc) is 2.99. The molecule has 1 atom stereocenters. The number of nitrogens with one attached hydrogen (secondary N) is 1. The quantitative estimate of drug-likeness (QED) is 0.911. The minimum absolute atomic E-state index is 0.0427. The van der Waals surface area contributed by atoms with Crippen molar-refractivity contribution in [3.8, 4) is 0 Å². The normalized spacial score (nSPS) is 16.4. The highest BCUT2D eigenvalue weighted by Crippen LogP contribution is 2.34. The molecule has 3 nitrogen and oxygen atoms in total. The molecule has 0 radical (unpaired) electrons. The molecule has 2 aromatic rings. The second kappa shape index (κ2) is 6.97. The Balaban J connectivity index is 1.59. The summed E-state index contributed by atoms with van der Waals surface area (Å²) < 4.78 is 0. The molecule has 120 valence electrons. The van der Waals surface area contributed by atoms with E-state index in [9.17, 15) is 4.79 Å². The minimum Gasteiger partial charge on any atom is -0.325 e. The molecule has 0 aromatic heterocycles. The van der Waals surface area contributed by atoms with Crippen LogP contribution in [0.25, 0.3) is 0 Å². The third-order valence-electron chi connectivity index (χ3n) is 4.67. The first-order valence-corrected chi connectivity index (χ1v) is 8.34. The standard InChI is InChI=1S/C20H24N2O/c1-3-15-8-11-17(12-9-15)21-20(23)14-22(2)19-13-10-16-6-4-5-7-18(16)19/h4-9,11-12,19H,3,10,13-14H2,1-2H3,(H,21,23). The Kier molecular flexibility index (Phi) is 4.77. The summed E-state index contributed by atoms with van der Waals surface area (Å²) in [5.74, 6) is 0.0427. The van der Waals surface area contributed by atoms with E-state index in [4.69, 9.17) is 0 Å². The van der Waals surface area contributed by atoms with Gasteiger partial charge in [-0.05, 0) is 55.1 Å². The van der Waals surface area contributed by atoms with Crippen molar-refractivity contribution in [2.24, 2.45) is 0 Å². The van der Waals surface area contributed by atoms with Crippen LogP contribution in [0.2, 0.25) is 0 Å². The largest absolute Gasteiger partial charge is 0.325 e. The summed E-state index contributed by atoms with van der Waals surface area (Å²) in [5, 5.41) is 2.99. The van der Waals surface area contributed by atoms with Crippen molar-refractivity contribution in [1.29, 1.82) is 0 Å². The number of likely N-dealkylation sites (N-methyl/N-ethyl adjacent to an activating group) is 1.